The van der Waals surface area contributed by atoms with Gasteiger partial charge in [0.15, 0.2) is 5.65 Å². The second kappa shape index (κ2) is 7.11. The van der Waals surface area contributed by atoms with Gasteiger partial charge in [0.2, 0.25) is 0 Å². The van der Waals surface area contributed by atoms with Gasteiger partial charge in [-0.05, 0) is 37.1 Å². The Kier molecular flexibility index (Phi) is 4.43. The summed E-state index contributed by atoms with van der Waals surface area (Å²) in [4.78, 5) is 23.9. The minimum atomic E-state index is 0.0617. The molecule has 4 heterocycles. The van der Waals surface area contributed by atoms with Crippen molar-refractivity contribution in [3.8, 4) is 5.75 Å². The number of carbonyl (C=O) groups is 1. The molecule has 1 fully saturated rings. The third kappa shape index (κ3) is 3.13. The van der Waals surface area contributed by atoms with E-state index in [-0.39, 0.29) is 17.9 Å². The summed E-state index contributed by atoms with van der Waals surface area (Å²) in [6.07, 6.45) is 5.24. The molecule has 3 aromatic rings. The number of hydrogen-bond acceptors (Lipinski definition) is 6. The Hall–Kier alpha value is -3.00. The van der Waals surface area contributed by atoms with Crippen LogP contribution in [0.25, 0.3) is 11.2 Å². The van der Waals surface area contributed by atoms with Crippen LogP contribution in [0.5, 0.6) is 5.75 Å². The van der Waals surface area contributed by atoms with E-state index in [1.165, 1.54) is 0 Å². The van der Waals surface area contributed by atoms with E-state index in [0.29, 0.717) is 26.2 Å². The molecule has 2 aliphatic rings. The maximum Gasteiger partial charge on any atom is 0.253 e. The molecule has 0 saturated carbocycles. The van der Waals surface area contributed by atoms with Crippen molar-refractivity contribution >= 4 is 17.1 Å². The zero-order valence-corrected chi connectivity index (χ0v) is 16.4. The molecule has 8 nitrogen and oxygen atoms in total. The number of benzene rings is 1. The van der Waals surface area contributed by atoms with Crippen LogP contribution < -0.4 is 10.5 Å². The van der Waals surface area contributed by atoms with Gasteiger partial charge in [0, 0.05) is 49.9 Å². The predicted octanol–water partition coefficient (Wildman–Crippen LogP) is 1.74. The number of likely N-dealkylation sites (tertiary alicyclic amines) is 1. The Bertz CT molecular complexity index is 1080. The zero-order valence-electron chi connectivity index (χ0n) is 16.4. The van der Waals surface area contributed by atoms with E-state index >= 15 is 0 Å². The summed E-state index contributed by atoms with van der Waals surface area (Å²) in [6, 6.07) is 5.76. The molecular weight excluding hydrogens is 368 g/mol. The van der Waals surface area contributed by atoms with Crippen molar-refractivity contribution < 1.29 is 9.53 Å². The van der Waals surface area contributed by atoms with Crippen LogP contribution in [0.1, 0.15) is 40.9 Å². The number of ether oxygens (including phenoxy) is 1. The highest BCUT2D eigenvalue weighted by atomic mass is 16.5. The van der Waals surface area contributed by atoms with Crippen LogP contribution in [0.2, 0.25) is 0 Å². The first kappa shape index (κ1) is 18.1. The van der Waals surface area contributed by atoms with Gasteiger partial charge in [-0.25, -0.2) is 14.6 Å². The third-order valence-corrected chi connectivity index (χ3v) is 5.74. The molecule has 0 unspecified atom stereocenters. The Morgan fingerprint density at radius 3 is 3.03 bits per heavy atom. The van der Waals surface area contributed by atoms with Crippen molar-refractivity contribution in [2.24, 2.45) is 5.73 Å². The molecule has 150 valence electrons. The van der Waals surface area contributed by atoms with Crippen LogP contribution >= 0.6 is 0 Å². The second-order valence-electron chi connectivity index (χ2n) is 7.82. The first-order valence-electron chi connectivity index (χ1n) is 10.1. The average molecular weight is 392 g/mol. The van der Waals surface area contributed by atoms with Crippen LogP contribution in [0.4, 0.5) is 0 Å². The van der Waals surface area contributed by atoms with E-state index in [1.807, 2.05) is 34.7 Å². The number of fused-ring (bicyclic) bond motifs is 2. The number of aromatic nitrogens is 4. The number of carbonyl (C=O) groups excluding carboxylic acids is 1. The molecule has 1 amide bonds. The van der Waals surface area contributed by atoms with Crippen LogP contribution in [0.3, 0.4) is 0 Å². The molecule has 29 heavy (non-hydrogen) atoms. The van der Waals surface area contributed by atoms with Crippen molar-refractivity contribution in [3.63, 3.8) is 0 Å². The molecule has 5 rings (SSSR count). The van der Waals surface area contributed by atoms with Gasteiger partial charge in [-0.2, -0.15) is 5.10 Å². The number of hydrogen-bond donors (Lipinski definition) is 1. The van der Waals surface area contributed by atoms with Gasteiger partial charge in [0.05, 0.1) is 12.2 Å². The van der Waals surface area contributed by atoms with Gasteiger partial charge < -0.3 is 15.4 Å². The van der Waals surface area contributed by atoms with Crippen molar-refractivity contribution in [2.75, 3.05) is 19.6 Å². The molecule has 8 heteroatoms. The Labute approximate surface area is 168 Å². The Morgan fingerprint density at radius 1 is 1.31 bits per heavy atom. The number of rotatable bonds is 4. The van der Waals surface area contributed by atoms with Crippen LogP contribution in [0.15, 0.2) is 30.6 Å². The van der Waals surface area contributed by atoms with Gasteiger partial charge in [0.1, 0.15) is 17.4 Å². The molecule has 2 atom stereocenters. The van der Waals surface area contributed by atoms with Crippen LogP contribution in [0, 0.1) is 0 Å². The van der Waals surface area contributed by atoms with Crippen LogP contribution in [-0.4, -0.2) is 56.3 Å². The largest absolute Gasteiger partial charge is 0.490 e. The fourth-order valence-corrected chi connectivity index (χ4v) is 4.38. The van der Waals surface area contributed by atoms with Crippen LogP contribution in [-0.2, 0) is 13.0 Å². The van der Waals surface area contributed by atoms with Gasteiger partial charge >= 0.3 is 0 Å². The normalized spacial score (nSPS) is 20.8. The highest BCUT2D eigenvalue weighted by Gasteiger charge is 2.32. The van der Waals surface area contributed by atoms with E-state index in [9.17, 15) is 4.79 Å². The van der Waals surface area contributed by atoms with Gasteiger partial charge in [-0.1, -0.05) is 0 Å². The summed E-state index contributed by atoms with van der Waals surface area (Å²) in [5.74, 6) is 1.10. The number of nitrogens with two attached hydrogens (primary N) is 1. The van der Waals surface area contributed by atoms with E-state index in [1.54, 1.807) is 12.4 Å². The summed E-state index contributed by atoms with van der Waals surface area (Å²) < 4.78 is 7.57. The minimum Gasteiger partial charge on any atom is -0.490 e. The topological polar surface area (TPSA) is 99.2 Å². The molecule has 1 aromatic carbocycles. The Balaban J connectivity index is 1.37. The SMILES string of the molecule is C[C@@H]1Cc2cc(C(=O)N3CC[C@@H](c4nn(CCN)c5nccnc45)C3)ccc2O1. The lowest BCUT2D eigenvalue weighted by atomic mass is 10.0. The Morgan fingerprint density at radius 2 is 2.17 bits per heavy atom. The number of amides is 1. The highest BCUT2D eigenvalue weighted by molar-refractivity contribution is 5.95. The second-order valence-corrected chi connectivity index (χ2v) is 7.82. The molecule has 0 bridgehead atoms. The smallest absolute Gasteiger partial charge is 0.253 e. The summed E-state index contributed by atoms with van der Waals surface area (Å²) in [5, 5.41) is 4.74. The summed E-state index contributed by atoms with van der Waals surface area (Å²) in [5.41, 5.74) is 10.0. The molecule has 2 N–H and O–H groups in total. The maximum absolute atomic E-state index is 13.1. The molecular formula is C21H24N6O2. The van der Waals surface area contributed by atoms with Gasteiger partial charge in [0.25, 0.3) is 5.91 Å². The maximum atomic E-state index is 13.1. The lowest BCUT2D eigenvalue weighted by Gasteiger charge is -2.16. The molecule has 2 aliphatic heterocycles. The summed E-state index contributed by atoms with van der Waals surface area (Å²) in [6.45, 7) is 4.47. The number of nitrogens with zero attached hydrogens (tertiary/aromatic N) is 5. The fourth-order valence-electron chi connectivity index (χ4n) is 4.38. The van der Waals surface area contributed by atoms with E-state index in [4.69, 9.17) is 15.6 Å². The average Bonchev–Trinajstić information content (AvgIpc) is 3.43. The standard InChI is InChI=1S/C21H24N6O2/c1-13-10-16-11-14(2-3-17(16)29-13)21(28)26-8-4-15(12-26)18-19-20(24-7-6-23-19)27(25-18)9-5-22/h2-3,6-7,11,13,15H,4-5,8-10,12,22H2,1H3/t13-,15-/m1/s1. The highest BCUT2D eigenvalue weighted by Crippen LogP contribution is 2.33. The zero-order chi connectivity index (χ0) is 20.0. The van der Waals surface area contributed by atoms with Gasteiger partial charge in [-0.15, -0.1) is 0 Å². The van der Waals surface area contributed by atoms with Gasteiger partial charge in [-0.3, -0.25) is 4.79 Å². The summed E-state index contributed by atoms with van der Waals surface area (Å²) in [7, 11) is 0. The quantitative estimate of drug-likeness (QED) is 0.726. The van der Waals surface area contributed by atoms with E-state index in [2.05, 4.69) is 9.97 Å². The molecule has 0 radical (unpaired) electrons. The van der Waals surface area contributed by atoms with Crippen molar-refractivity contribution in [2.45, 2.75) is 38.3 Å². The predicted molar refractivity (Wildman–Crippen MR) is 108 cm³/mol. The van der Waals surface area contributed by atoms with E-state index < -0.39 is 0 Å². The van der Waals surface area contributed by atoms with Crippen molar-refractivity contribution in [1.29, 1.82) is 0 Å². The molecule has 1 saturated heterocycles. The lowest BCUT2D eigenvalue weighted by Crippen LogP contribution is -2.28. The third-order valence-electron chi connectivity index (χ3n) is 5.74. The fraction of sp³-hybridized carbons (Fsp3) is 0.429. The summed E-state index contributed by atoms with van der Waals surface area (Å²) >= 11 is 0. The molecule has 2 aromatic heterocycles. The lowest BCUT2D eigenvalue weighted by molar-refractivity contribution is 0.0790. The van der Waals surface area contributed by atoms with Crippen molar-refractivity contribution in [1.82, 2.24) is 24.6 Å². The van der Waals surface area contributed by atoms with E-state index in [0.717, 1.165) is 46.6 Å². The van der Waals surface area contributed by atoms with Crippen molar-refractivity contribution in [3.05, 3.63) is 47.4 Å². The first-order chi connectivity index (χ1) is 14.1. The minimum absolute atomic E-state index is 0.0617. The molecule has 0 aliphatic carbocycles. The monoisotopic (exact) mass is 392 g/mol. The molecule has 0 spiro atoms. The first-order valence-corrected chi connectivity index (χ1v) is 10.1.